The van der Waals surface area contributed by atoms with Crippen LogP contribution in [0.25, 0.3) is 16.7 Å². The lowest BCUT2D eigenvalue weighted by Crippen LogP contribution is -2.49. The van der Waals surface area contributed by atoms with Gasteiger partial charge < -0.3 is 60.1 Å². The number of aliphatic hydroxyl groups excluding tert-OH is 2. The smallest absolute Gasteiger partial charge is 0.487 e. The molecule has 0 aliphatic carbocycles. The van der Waals surface area contributed by atoms with Crippen LogP contribution in [0.3, 0.4) is 0 Å². The molecule has 5 heterocycles. The van der Waals surface area contributed by atoms with Crippen LogP contribution in [0, 0.1) is 11.8 Å². The highest BCUT2D eigenvalue weighted by Gasteiger charge is 2.47. The van der Waals surface area contributed by atoms with Crippen LogP contribution in [-0.2, 0) is 36.4 Å². The van der Waals surface area contributed by atoms with E-state index in [4.69, 9.17) is 66.5 Å². The normalized spacial score (nSPS) is 21.4. The average Bonchev–Trinajstić information content (AvgIpc) is 3.34. The first-order valence-corrected chi connectivity index (χ1v) is 31.9. The number of phosphoric ester groups is 1. The Morgan fingerprint density at radius 2 is 1.58 bits per heavy atom. The molecule has 4 aromatic rings. The average molecular weight is 1300 g/mol. The van der Waals surface area contributed by atoms with Crippen molar-refractivity contribution in [2.75, 3.05) is 50.5 Å². The summed E-state index contributed by atoms with van der Waals surface area (Å²) >= 11 is 28.3. The predicted octanol–water partition coefficient (Wildman–Crippen LogP) is 5.87. The van der Waals surface area contributed by atoms with Gasteiger partial charge in [-0.05, 0) is 77.3 Å². The van der Waals surface area contributed by atoms with E-state index in [1.54, 1.807) is 7.05 Å². The van der Waals surface area contributed by atoms with E-state index >= 15 is 4.79 Å². The summed E-state index contributed by atoms with van der Waals surface area (Å²) in [5, 5.41) is 25.2. The van der Waals surface area contributed by atoms with Crippen molar-refractivity contribution in [3.8, 4) is 23.3 Å². The maximum Gasteiger partial charge on any atom is 0.487 e. The number of rotatable bonds is 17. The summed E-state index contributed by atoms with van der Waals surface area (Å²) in [5.74, 6) is 4.94. The number of nitrogens with one attached hydrogen (secondary N) is 1. The topological polar surface area (TPSA) is 338 Å². The molecule has 3 unspecified atom stereocenters. The number of aromatic nitrogens is 2. The number of allylic oxidation sites excluding steroid dienone is 2. The summed E-state index contributed by atoms with van der Waals surface area (Å²) in [5.41, 5.74) is 10.4. The van der Waals surface area contributed by atoms with Crippen molar-refractivity contribution in [1.29, 1.82) is 0 Å². The SMILES string of the molecule is CCN1c2cc3c(cc2C(C)=CC1(C)C)C(c1c(Cl)c(Cl)c(Cl)c(Cl)c1C(=O)N(C)CCCC(=O)NCC#Cc1cn([C@@H]2O[C@H](COP(=O)(O)OP(=O)(O)OP(=O)([O-])O)[C@@H](O)[C@H]2O)c(=O)nc1N)=c1cc2c(cc1O3)=[N+](CC)C(C)(C)C=C2C. The molecule has 0 saturated carbocycles. The minimum Gasteiger partial charge on any atom is -0.756 e. The number of hydrogen-bond donors (Lipinski definition) is 7. The number of amides is 2. The van der Waals surface area contributed by atoms with Gasteiger partial charge in [-0.3, -0.25) is 23.2 Å². The predicted molar refractivity (Wildman–Crippen MR) is 313 cm³/mol. The number of carbonyl (C=O) groups excluding carboxylic acids is 2. The van der Waals surface area contributed by atoms with Crippen molar-refractivity contribution in [3.05, 3.63) is 117 Å². The Kier molecular flexibility index (Phi) is 18.8. The minimum absolute atomic E-state index is 0.0138. The Hall–Kier alpha value is -4.96. The molecule has 8 rings (SSSR count). The molecule has 4 aliphatic rings. The Balaban J connectivity index is 1.02. The van der Waals surface area contributed by atoms with Crippen LogP contribution >= 0.6 is 69.9 Å². The van der Waals surface area contributed by atoms with Crippen molar-refractivity contribution in [2.24, 2.45) is 0 Å². The van der Waals surface area contributed by atoms with E-state index in [0.717, 1.165) is 39.5 Å². The number of anilines is 2. The van der Waals surface area contributed by atoms with Gasteiger partial charge in [0.15, 0.2) is 11.8 Å². The molecule has 452 valence electrons. The number of nitrogens with zero attached hydrogens (tertiary/aromatic N) is 5. The number of ether oxygens (including phenoxy) is 2. The number of fused-ring (bicyclic) bond motifs is 4. The standard InChI is InChI=1S/C53H60Cl4N7O17P3/c1-10-63-33-20-35-31(18-29(33)26(3)22-52(63,5)6)39(32-19-30-27(4)23-53(7,8)64(11-2)34(30)21-36(32)78-35)40-41(43(55)45(57)44(56)42(40)54)49(68)61(9)17-13-15-38(65)59-16-12-14-28-24-62(51(69)60-48(28)58)50-47(67)46(66)37(79-50)25-77-83(73,74)81-84(75,76)80-82(70,71)72/h18-24,37,46-47,50,66-67H,10-11,13,15-17,25H2,1-9H3,(H6-,58,59,60,65,69,70,71,72,73,74,75,76)/t37-,46-,47-,50-/m1/s1. The van der Waals surface area contributed by atoms with Gasteiger partial charge in [0.1, 0.15) is 42.2 Å². The molecular weight excluding hydrogens is 1240 g/mol. The fourth-order valence-corrected chi connectivity index (χ4v) is 15.0. The Bertz CT molecular complexity index is 3920. The van der Waals surface area contributed by atoms with Gasteiger partial charge in [-0.25, -0.2) is 22.8 Å². The van der Waals surface area contributed by atoms with Crippen molar-refractivity contribution in [1.82, 2.24) is 24.3 Å². The molecule has 0 bridgehead atoms. The van der Waals surface area contributed by atoms with E-state index in [1.165, 1.54) is 4.90 Å². The van der Waals surface area contributed by atoms with Gasteiger partial charge in [-0.15, -0.1) is 0 Å². The molecule has 31 heteroatoms. The molecule has 0 radical (unpaired) electrons. The molecule has 3 aromatic carbocycles. The summed E-state index contributed by atoms with van der Waals surface area (Å²) in [6, 6.07) is 8.15. The number of phosphoric acid groups is 3. The van der Waals surface area contributed by atoms with Crippen LogP contribution in [0.1, 0.15) is 113 Å². The summed E-state index contributed by atoms with van der Waals surface area (Å²) in [4.78, 5) is 87.1. The van der Waals surface area contributed by atoms with Crippen molar-refractivity contribution >= 4 is 110 Å². The lowest BCUT2D eigenvalue weighted by atomic mass is 9.83. The molecule has 84 heavy (non-hydrogen) atoms. The summed E-state index contributed by atoms with van der Waals surface area (Å²) < 4.78 is 61.7. The number of nitrogen functional groups attached to an aromatic ring is 1. The summed E-state index contributed by atoms with van der Waals surface area (Å²) in [6.45, 7) is 17.0. The maximum atomic E-state index is 15.1. The summed E-state index contributed by atoms with van der Waals surface area (Å²) in [6.07, 6.45) is -1.86. The maximum absolute atomic E-state index is 15.1. The first kappa shape index (κ1) is 65.0. The zero-order chi connectivity index (χ0) is 62.1. The van der Waals surface area contributed by atoms with Crippen LogP contribution in [0.5, 0.6) is 11.5 Å². The van der Waals surface area contributed by atoms with E-state index in [2.05, 4.69) is 124 Å². The van der Waals surface area contributed by atoms with Crippen molar-refractivity contribution in [2.45, 2.75) is 104 Å². The van der Waals surface area contributed by atoms with Gasteiger partial charge in [0.05, 0.1) is 56.0 Å². The van der Waals surface area contributed by atoms with Gasteiger partial charge >= 0.3 is 21.3 Å². The van der Waals surface area contributed by atoms with Gasteiger partial charge in [0.25, 0.3) is 13.7 Å². The number of benzene rings is 3. The second-order valence-electron chi connectivity index (χ2n) is 21.2. The largest absolute Gasteiger partial charge is 0.756 e. The van der Waals surface area contributed by atoms with Gasteiger partial charge in [0, 0.05) is 91.4 Å². The zero-order valence-electron chi connectivity index (χ0n) is 46.6. The third-order valence-corrected chi connectivity index (χ3v) is 20.1. The lowest BCUT2D eigenvalue weighted by molar-refractivity contribution is -0.212. The highest BCUT2D eigenvalue weighted by molar-refractivity contribution is 7.66. The lowest BCUT2D eigenvalue weighted by Gasteiger charge is -2.43. The van der Waals surface area contributed by atoms with E-state index in [1.807, 2.05) is 12.1 Å². The molecule has 1 saturated heterocycles. The molecule has 2 amide bonds. The Morgan fingerprint density at radius 1 is 0.917 bits per heavy atom. The molecule has 24 nitrogen and oxygen atoms in total. The number of hydrogen-bond acceptors (Lipinski definition) is 17. The fraction of sp³-hybridized carbons (Fsp3) is 0.415. The molecule has 1 fully saturated rings. The third kappa shape index (κ3) is 13.2. The fourth-order valence-electron chi connectivity index (χ4n) is 11.0. The molecule has 7 atom stereocenters. The molecule has 8 N–H and O–H groups in total. The molecule has 0 spiro atoms. The third-order valence-electron chi connectivity index (χ3n) is 14.5. The highest BCUT2D eigenvalue weighted by atomic mass is 35.5. The second-order valence-corrected chi connectivity index (χ2v) is 27.1. The molecule has 4 aliphatic heterocycles. The first-order chi connectivity index (χ1) is 39.0. The van der Waals surface area contributed by atoms with E-state index in [-0.39, 0.29) is 79.6 Å². The molecular formula is C53H60Cl4N7O17P3. The second kappa shape index (κ2) is 24.3. The van der Waals surface area contributed by atoms with Crippen LogP contribution in [0.15, 0.2) is 47.4 Å². The Morgan fingerprint density at radius 3 is 2.24 bits per heavy atom. The highest BCUT2D eigenvalue weighted by Crippen LogP contribution is 2.65. The quantitative estimate of drug-likeness (QED) is 0.0188. The monoisotopic (exact) mass is 1300 g/mol. The van der Waals surface area contributed by atoms with E-state index in [0.29, 0.717) is 45.5 Å². The molecule has 1 aromatic heterocycles. The first-order valence-electron chi connectivity index (χ1n) is 25.9. The van der Waals surface area contributed by atoms with Crippen LogP contribution in [0.4, 0.5) is 11.5 Å². The van der Waals surface area contributed by atoms with Crippen LogP contribution in [0.2, 0.25) is 20.1 Å². The number of likely N-dealkylation sites (N-methyl/N-ethyl adjacent to an activating group) is 2. The van der Waals surface area contributed by atoms with Gasteiger partial charge in [0.2, 0.25) is 11.3 Å². The van der Waals surface area contributed by atoms with Crippen LogP contribution < -0.4 is 46.4 Å². The number of aliphatic hydroxyl groups is 2. The van der Waals surface area contributed by atoms with Crippen molar-refractivity contribution in [3.63, 3.8) is 0 Å². The van der Waals surface area contributed by atoms with E-state index < -0.39 is 72.1 Å². The van der Waals surface area contributed by atoms with E-state index in [9.17, 15) is 48.2 Å². The number of nitrogens with two attached hydrogens (primary N) is 1. The minimum atomic E-state index is -5.93. The van der Waals surface area contributed by atoms with Gasteiger partial charge in [-0.2, -0.15) is 9.29 Å². The Labute approximate surface area is 502 Å². The van der Waals surface area contributed by atoms with Crippen LogP contribution in [-0.4, -0.2) is 120 Å². The zero-order valence-corrected chi connectivity index (χ0v) is 52.3. The number of carbonyl (C=O) groups is 2. The number of halogens is 4. The van der Waals surface area contributed by atoms with Gasteiger partial charge in [-0.1, -0.05) is 64.3 Å². The summed E-state index contributed by atoms with van der Waals surface area (Å²) in [7, 11) is -16.0. The van der Waals surface area contributed by atoms with Crippen molar-refractivity contribution < 1.29 is 75.7 Å².